The molecule has 0 radical (unpaired) electrons. The van der Waals surface area contributed by atoms with Crippen LogP contribution in [0.5, 0.6) is 5.75 Å². The summed E-state index contributed by atoms with van der Waals surface area (Å²) in [5.74, 6) is 0.849. The summed E-state index contributed by atoms with van der Waals surface area (Å²) in [5.41, 5.74) is 11.7. The average molecular weight is 855 g/mol. The van der Waals surface area contributed by atoms with Gasteiger partial charge in [0.2, 0.25) is 0 Å². The molecule has 0 amide bonds. The first-order valence-electron chi connectivity index (χ1n) is 22.2. The number of hydrogen-bond acceptors (Lipinski definition) is 6. The summed E-state index contributed by atoms with van der Waals surface area (Å²) in [6.45, 7) is 7.04. The fourth-order valence-electron chi connectivity index (χ4n) is 8.17. The molecule has 1 fully saturated rings. The van der Waals surface area contributed by atoms with E-state index in [1.165, 1.54) is 22.3 Å². The predicted octanol–water partition coefficient (Wildman–Crippen LogP) is 12.9. The minimum Gasteiger partial charge on any atom is -0.489 e. The van der Waals surface area contributed by atoms with Crippen molar-refractivity contribution in [3.05, 3.63) is 244 Å². The minimum atomic E-state index is -0.470. The van der Waals surface area contributed by atoms with Crippen LogP contribution in [0.15, 0.2) is 188 Å². The molecule has 0 aliphatic carbocycles. The highest BCUT2D eigenvalue weighted by atomic mass is 32.2. The zero-order valence-corrected chi connectivity index (χ0v) is 37.2. The Kier molecular flexibility index (Phi) is 15.9. The Morgan fingerprint density at radius 3 is 1.40 bits per heavy atom. The van der Waals surface area contributed by atoms with E-state index in [0.29, 0.717) is 39.6 Å². The van der Waals surface area contributed by atoms with Crippen molar-refractivity contribution >= 4 is 11.8 Å². The number of rotatable bonds is 20. The van der Waals surface area contributed by atoms with Crippen molar-refractivity contribution in [2.75, 3.05) is 6.61 Å². The largest absolute Gasteiger partial charge is 0.489 e. The molecule has 0 bridgehead atoms. The molecular formula is C57H58O5S. The van der Waals surface area contributed by atoms with Gasteiger partial charge in [-0.15, -0.1) is 11.8 Å². The SMILES string of the molecule is CCc1ccc(Cc2cc([C@@H]3S[C@H](COCc4ccccc4)[C@@H](OCc4ccccc4)[C@H](OCc4ccccc4)[C@H]3OCc3ccccc3)c(OCc3ccccc3)cc2C)cc1. The molecule has 7 aromatic rings. The van der Waals surface area contributed by atoms with Gasteiger partial charge in [-0.3, -0.25) is 0 Å². The standard InChI is InChI=1S/C57H58O5S/c1-3-43-29-31-44(32-30-43)34-50-35-51(52(33-42(50)2)59-37-46-21-11-5-12-22-46)57-56(62-40-49-27-17-8-18-28-49)55(61-39-48-25-15-7-16-26-48)54(60-38-47-23-13-6-14-24-47)53(63-57)41-58-36-45-19-9-4-10-20-45/h4-33,35,53-57H,3,34,36-41H2,1-2H3/t53-,54-,55+,56-,57+/m1/s1. The van der Waals surface area contributed by atoms with Crippen LogP contribution in [0.2, 0.25) is 0 Å². The summed E-state index contributed by atoms with van der Waals surface area (Å²) in [7, 11) is 0. The van der Waals surface area contributed by atoms with Gasteiger partial charge in [-0.1, -0.05) is 189 Å². The van der Waals surface area contributed by atoms with Crippen LogP contribution < -0.4 is 4.74 Å². The molecule has 0 spiro atoms. The van der Waals surface area contributed by atoms with Crippen molar-refractivity contribution in [1.29, 1.82) is 0 Å². The smallest absolute Gasteiger partial charge is 0.124 e. The van der Waals surface area contributed by atoms with Crippen molar-refractivity contribution in [3.8, 4) is 5.75 Å². The second kappa shape index (κ2) is 22.8. The first-order valence-corrected chi connectivity index (χ1v) is 23.2. The maximum Gasteiger partial charge on any atom is 0.124 e. The molecule has 1 aliphatic heterocycles. The Balaban J connectivity index is 1.23. The quantitative estimate of drug-likeness (QED) is 0.0761. The van der Waals surface area contributed by atoms with Crippen molar-refractivity contribution in [3.63, 3.8) is 0 Å². The van der Waals surface area contributed by atoms with Crippen molar-refractivity contribution in [1.82, 2.24) is 0 Å². The Labute approximate surface area is 378 Å². The minimum absolute atomic E-state index is 0.118. The molecule has 1 heterocycles. The van der Waals surface area contributed by atoms with Crippen LogP contribution in [-0.4, -0.2) is 30.2 Å². The summed E-state index contributed by atoms with van der Waals surface area (Å²) in [4.78, 5) is 0. The molecular weight excluding hydrogens is 797 g/mol. The maximum atomic E-state index is 7.25. The van der Waals surface area contributed by atoms with Gasteiger partial charge in [-0.05, 0) is 75.9 Å². The lowest BCUT2D eigenvalue weighted by Gasteiger charge is -2.46. The third-order valence-electron chi connectivity index (χ3n) is 11.7. The van der Waals surface area contributed by atoms with Crippen molar-refractivity contribution in [2.24, 2.45) is 0 Å². The number of thioether (sulfide) groups is 1. The molecule has 5 nitrogen and oxygen atoms in total. The Morgan fingerprint density at radius 2 is 0.889 bits per heavy atom. The molecule has 7 aromatic carbocycles. The Hall–Kier alpha value is -5.47. The van der Waals surface area contributed by atoms with Crippen LogP contribution in [0.3, 0.4) is 0 Å². The fourth-order valence-corrected chi connectivity index (χ4v) is 9.83. The fraction of sp³-hybridized carbons (Fsp3) is 0.263. The first-order chi connectivity index (χ1) is 31.1. The molecule has 1 saturated heterocycles. The Bertz CT molecular complexity index is 2400. The van der Waals surface area contributed by atoms with Crippen LogP contribution in [0.25, 0.3) is 0 Å². The Morgan fingerprint density at radius 1 is 0.444 bits per heavy atom. The van der Waals surface area contributed by atoms with Crippen molar-refractivity contribution in [2.45, 2.75) is 88.5 Å². The molecule has 6 heteroatoms. The number of benzene rings is 7. The van der Waals surface area contributed by atoms with Gasteiger partial charge < -0.3 is 23.7 Å². The van der Waals surface area contributed by atoms with E-state index in [-0.39, 0.29) is 16.6 Å². The van der Waals surface area contributed by atoms with Gasteiger partial charge >= 0.3 is 0 Å². The summed E-state index contributed by atoms with van der Waals surface area (Å²) in [5, 5.41) is -0.322. The van der Waals surface area contributed by atoms with Gasteiger partial charge in [-0.2, -0.15) is 0 Å². The van der Waals surface area contributed by atoms with Crippen LogP contribution in [0.1, 0.15) is 67.8 Å². The van der Waals surface area contributed by atoms with Gasteiger partial charge in [-0.25, -0.2) is 0 Å². The van der Waals surface area contributed by atoms with E-state index < -0.39 is 12.2 Å². The predicted molar refractivity (Wildman–Crippen MR) is 256 cm³/mol. The normalized spacial score (nSPS) is 18.5. The zero-order valence-electron chi connectivity index (χ0n) is 36.4. The van der Waals surface area contributed by atoms with E-state index in [0.717, 1.165) is 52.0 Å². The lowest BCUT2D eigenvalue weighted by atomic mass is 9.91. The maximum absolute atomic E-state index is 7.25. The van der Waals surface area contributed by atoms with Crippen LogP contribution >= 0.6 is 11.8 Å². The molecule has 0 saturated carbocycles. The summed E-state index contributed by atoms with van der Waals surface area (Å²) in [6, 6.07) is 65.6. The van der Waals surface area contributed by atoms with Crippen LogP contribution in [-0.2, 0) is 64.8 Å². The van der Waals surface area contributed by atoms with E-state index in [4.69, 9.17) is 23.7 Å². The third-order valence-corrected chi connectivity index (χ3v) is 13.3. The third kappa shape index (κ3) is 12.4. The second-order valence-electron chi connectivity index (χ2n) is 16.3. The second-order valence-corrected chi connectivity index (χ2v) is 17.7. The van der Waals surface area contributed by atoms with Gasteiger partial charge in [0.15, 0.2) is 0 Å². The summed E-state index contributed by atoms with van der Waals surface area (Å²) in [6.07, 6.45) is 0.545. The van der Waals surface area contributed by atoms with E-state index in [1.807, 2.05) is 42.1 Å². The van der Waals surface area contributed by atoms with E-state index in [1.54, 1.807) is 0 Å². The van der Waals surface area contributed by atoms with E-state index in [2.05, 4.69) is 172 Å². The topological polar surface area (TPSA) is 46.2 Å². The summed E-state index contributed by atoms with van der Waals surface area (Å²) < 4.78 is 35.1. The number of aryl methyl sites for hydroxylation is 2. The average Bonchev–Trinajstić information content (AvgIpc) is 3.34. The molecule has 0 N–H and O–H groups in total. The number of ether oxygens (including phenoxy) is 5. The highest BCUT2D eigenvalue weighted by Crippen LogP contribution is 2.50. The van der Waals surface area contributed by atoms with Crippen molar-refractivity contribution < 1.29 is 23.7 Å². The lowest BCUT2D eigenvalue weighted by Crippen LogP contribution is -2.54. The summed E-state index contributed by atoms with van der Waals surface area (Å²) >= 11 is 1.86. The molecule has 322 valence electrons. The van der Waals surface area contributed by atoms with Gasteiger partial charge in [0, 0.05) is 5.56 Å². The zero-order chi connectivity index (χ0) is 43.1. The van der Waals surface area contributed by atoms with Gasteiger partial charge in [0.25, 0.3) is 0 Å². The van der Waals surface area contributed by atoms with E-state index in [9.17, 15) is 0 Å². The van der Waals surface area contributed by atoms with E-state index >= 15 is 0 Å². The van der Waals surface area contributed by atoms with Gasteiger partial charge in [0.1, 0.15) is 30.7 Å². The van der Waals surface area contributed by atoms with Crippen LogP contribution in [0, 0.1) is 6.92 Å². The first kappa shape index (κ1) is 44.1. The lowest BCUT2D eigenvalue weighted by molar-refractivity contribution is -0.160. The highest BCUT2D eigenvalue weighted by Gasteiger charge is 2.49. The monoisotopic (exact) mass is 854 g/mol. The molecule has 1 aliphatic rings. The molecule has 5 atom stereocenters. The van der Waals surface area contributed by atoms with Crippen LogP contribution in [0.4, 0.5) is 0 Å². The highest BCUT2D eigenvalue weighted by molar-refractivity contribution is 8.00. The molecule has 8 rings (SSSR count). The molecule has 0 unspecified atom stereocenters. The van der Waals surface area contributed by atoms with Gasteiger partial charge in [0.05, 0.1) is 43.5 Å². The molecule has 63 heavy (non-hydrogen) atoms. The number of hydrogen-bond donors (Lipinski definition) is 0. The molecule has 0 aromatic heterocycles.